The van der Waals surface area contributed by atoms with E-state index in [2.05, 4.69) is 15.3 Å². The number of pyridine rings is 1. The van der Waals surface area contributed by atoms with E-state index in [1.807, 2.05) is 18.2 Å². The van der Waals surface area contributed by atoms with Crippen LogP contribution in [-0.2, 0) is 34.5 Å². The lowest BCUT2D eigenvalue weighted by Gasteiger charge is -2.26. The summed E-state index contributed by atoms with van der Waals surface area (Å²) in [7, 11) is -3.70. The lowest BCUT2D eigenvalue weighted by molar-refractivity contribution is -0.134. The quantitative estimate of drug-likeness (QED) is 0.342. The van der Waals surface area contributed by atoms with Gasteiger partial charge in [-0.15, -0.1) is 5.10 Å². The normalized spacial score (nSPS) is 18.2. The van der Waals surface area contributed by atoms with Crippen LogP contribution in [-0.4, -0.2) is 61.8 Å². The Bertz CT molecular complexity index is 1470. The zero-order valence-electron chi connectivity index (χ0n) is 20.1. The highest BCUT2D eigenvalue weighted by Crippen LogP contribution is 2.23. The highest BCUT2D eigenvalue weighted by Gasteiger charge is 2.38. The number of rotatable bonds is 7. The van der Waals surface area contributed by atoms with Crippen molar-refractivity contribution in [1.29, 1.82) is 0 Å². The van der Waals surface area contributed by atoms with Crippen molar-refractivity contribution in [2.45, 2.75) is 32.6 Å². The molecule has 4 aromatic rings. The van der Waals surface area contributed by atoms with E-state index >= 15 is 0 Å². The van der Waals surface area contributed by atoms with Gasteiger partial charge < -0.3 is 9.32 Å². The van der Waals surface area contributed by atoms with E-state index in [9.17, 15) is 17.6 Å². The highest BCUT2D eigenvalue weighted by molar-refractivity contribution is 7.89. The van der Waals surface area contributed by atoms with Crippen molar-refractivity contribution in [1.82, 2.24) is 29.2 Å². The molecule has 1 aliphatic rings. The van der Waals surface area contributed by atoms with Gasteiger partial charge in [0.15, 0.2) is 0 Å². The molecule has 5 rings (SSSR count). The molecule has 1 unspecified atom stereocenters. The number of hydrogen-bond donors (Lipinski definition) is 0. The first-order valence-corrected chi connectivity index (χ1v) is 13.3. The fourth-order valence-corrected chi connectivity index (χ4v) is 5.85. The second kappa shape index (κ2) is 10.2. The molecule has 192 valence electrons. The summed E-state index contributed by atoms with van der Waals surface area (Å²) in [5, 5.41) is 8.21. The average molecular weight is 525 g/mol. The number of amides is 1. The van der Waals surface area contributed by atoms with Gasteiger partial charge in [0, 0.05) is 24.8 Å². The largest absolute Gasteiger partial charge is 0.467 e. The predicted octanol–water partition coefficient (Wildman–Crippen LogP) is 2.68. The van der Waals surface area contributed by atoms with Crippen LogP contribution in [0.15, 0.2) is 71.6 Å². The lowest BCUT2D eigenvalue weighted by atomic mass is 10.1. The molecule has 3 aromatic heterocycles. The molecule has 37 heavy (non-hydrogen) atoms. The Labute approximate surface area is 213 Å². The molecule has 0 bridgehead atoms. The number of nitrogens with zero attached hydrogens (tertiary/aromatic N) is 6. The standard InChI is InChI=1S/C25H25FN6O4S/c1-18-25(33)30(15-22-16-31(29-28-22)17-23-3-2-11-36-23)10-12-37(34,35)32(18)14-19-4-6-20(7-5-19)21-8-9-24(26)27-13-21/h2-9,11,13,16,18H,10,12,14-15,17H2,1H3. The molecule has 0 N–H and O–H groups in total. The zero-order valence-corrected chi connectivity index (χ0v) is 20.9. The third-order valence-corrected chi connectivity index (χ3v) is 8.13. The number of halogens is 1. The number of aromatic nitrogens is 4. The Kier molecular flexibility index (Phi) is 6.85. The molecule has 10 nitrogen and oxygen atoms in total. The van der Waals surface area contributed by atoms with Crippen LogP contribution in [0.25, 0.3) is 11.1 Å². The lowest BCUT2D eigenvalue weighted by Crippen LogP contribution is -2.45. The molecule has 1 atom stereocenters. The van der Waals surface area contributed by atoms with Crippen LogP contribution in [0.5, 0.6) is 0 Å². The van der Waals surface area contributed by atoms with Crippen LogP contribution in [0.3, 0.4) is 0 Å². The first-order valence-electron chi connectivity index (χ1n) is 11.7. The van der Waals surface area contributed by atoms with Crippen molar-refractivity contribution >= 4 is 15.9 Å². The minimum absolute atomic E-state index is 0.0591. The van der Waals surface area contributed by atoms with E-state index in [1.165, 1.54) is 21.5 Å². The average Bonchev–Trinajstić information content (AvgIpc) is 3.56. The van der Waals surface area contributed by atoms with Gasteiger partial charge in [-0.1, -0.05) is 29.5 Å². The van der Waals surface area contributed by atoms with Crippen LogP contribution in [0.1, 0.15) is 23.9 Å². The number of benzene rings is 1. The Morgan fingerprint density at radius 3 is 2.54 bits per heavy atom. The molecule has 1 fully saturated rings. The van der Waals surface area contributed by atoms with E-state index in [-0.39, 0.29) is 31.3 Å². The molecule has 0 radical (unpaired) electrons. The highest BCUT2D eigenvalue weighted by atomic mass is 32.2. The van der Waals surface area contributed by atoms with Crippen LogP contribution in [0.4, 0.5) is 4.39 Å². The van der Waals surface area contributed by atoms with E-state index in [1.54, 1.807) is 48.3 Å². The van der Waals surface area contributed by atoms with Gasteiger partial charge in [-0.3, -0.25) is 4.79 Å². The maximum Gasteiger partial charge on any atom is 0.241 e. The zero-order chi connectivity index (χ0) is 26.0. The molecule has 1 aromatic carbocycles. The number of carbonyl (C=O) groups is 1. The van der Waals surface area contributed by atoms with Gasteiger partial charge in [-0.2, -0.15) is 8.70 Å². The maximum absolute atomic E-state index is 13.3. The van der Waals surface area contributed by atoms with Crippen molar-refractivity contribution in [2.24, 2.45) is 0 Å². The van der Waals surface area contributed by atoms with Gasteiger partial charge in [-0.05, 0) is 42.3 Å². The molecule has 0 aliphatic carbocycles. The van der Waals surface area contributed by atoms with Gasteiger partial charge in [0.2, 0.25) is 21.9 Å². The van der Waals surface area contributed by atoms with E-state index in [0.29, 0.717) is 12.2 Å². The van der Waals surface area contributed by atoms with Gasteiger partial charge in [0.05, 0.1) is 24.8 Å². The van der Waals surface area contributed by atoms with Crippen molar-refractivity contribution in [3.05, 3.63) is 90.2 Å². The van der Waals surface area contributed by atoms with Crippen LogP contribution in [0.2, 0.25) is 0 Å². The summed E-state index contributed by atoms with van der Waals surface area (Å²) in [4.78, 5) is 18.5. The van der Waals surface area contributed by atoms with Gasteiger partial charge in [-0.25, -0.2) is 18.1 Å². The van der Waals surface area contributed by atoms with Crippen molar-refractivity contribution in [2.75, 3.05) is 12.3 Å². The minimum Gasteiger partial charge on any atom is -0.467 e. The number of furan rings is 1. The Balaban J connectivity index is 1.28. The fourth-order valence-electron chi connectivity index (χ4n) is 4.25. The molecule has 1 saturated heterocycles. The van der Waals surface area contributed by atoms with Crippen LogP contribution < -0.4 is 0 Å². The number of sulfonamides is 1. The number of hydrogen-bond acceptors (Lipinski definition) is 7. The van der Waals surface area contributed by atoms with Crippen molar-refractivity contribution < 1.29 is 22.0 Å². The predicted molar refractivity (Wildman–Crippen MR) is 132 cm³/mol. The summed E-state index contributed by atoms with van der Waals surface area (Å²) in [6.07, 6.45) is 4.73. The second-order valence-electron chi connectivity index (χ2n) is 8.85. The summed E-state index contributed by atoms with van der Waals surface area (Å²) in [5.41, 5.74) is 2.86. The molecule has 1 aliphatic heterocycles. The third kappa shape index (κ3) is 5.59. The number of carbonyl (C=O) groups excluding carboxylic acids is 1. The van der Waals surface area contributed by atoms with E-state index in [0.717, 1.165) is 22.5 Å². The van der Waals surface area contributed by atoms with E-state index < -0.39 is 22.0 Å². The van der Waals surface area contributed by atoms with Gasteiger partial charge in [0.25, 0.3) is 0 Å². The molecular weight excluding hydrogens is 499 g/mol. The summed E-state index contributed by atoms with van der Waals surface area (Å²) in [5.74, 6) is -0.322. The van der Waals surface area contributed by atoms with Crippen molar-refractivity contribution in [3.8, 4) is 11.1 Å². The summed E-state index contributed by atoms with van der Waals surface area (Å²) >= 11 is 0. The van der Waals surface area contributed by atoms with Crippen LogP contribution >= 0.6 is 0 Å². The molecule has 0 spiro atoms. The van der Waals surface area contributed by atoms with Crippen molar-refractivity contribution in [3.63, 3.8) is 0 Å². The molecule has 1 amide bonds. The topological polar surface area (TPSA) is 114 Å². The SMILES string of the molecule is CC1C(=O)N(Cc2cn(Cc3ccco3)nn2)CCS(=O)(=O)N1Cc1ccc(-c2ccc(F)nc2)cc1. The fraction of sp³-hybridized carbons (Fsp3) is 0.280. The summed E-state index contributed by atoms with van der Waals surface area (Å²) < 4.78 is 47.5. The Morgan fingerprint density at radius 1 is 1.05 bits per heavy atom. The van der Waals surface area contributed by atoms with E-state index in [4.69, 9.17) is 4.42 Å². The monoisotopic (exact) mass is 524 g/mol. The molecule has 0 saturated carbocycles. The minimum atomic E-state index is -3.70. The Hall–Kier alpha value is -3.90. The first kappa shape index (κ1) is 24.8. The molecular formula is C25H25FN6O4S. The van der Waals surface area contributed by atoms with Crippen LogP contribution in [0, 0.1) is 5.95 Å². The maximum atomic E-state index is 13.3. The Morgan fingerprint density at radius 2 is 1.84 bits per heavy atom. The first-order chi connectivity index (χ1) is 17.8. The molecule has 12 heteroatoms. The smallest absolute Gasteiger partial charge is 0.241 e. The summed E-state index contributed by atoms with van der Waals surface area (Å²) in [6, 6.07) is 12.9. The second-order valence-corrected chi connectivity index (χ2v) is 10.9. The summed E-state index contributed by atoms with van der Waals surface area (Å²) in [6.45, 7) is 2.28. The van der Waals surface area contributed by atoms with Gasteiger partial charge >= 0.3 is 0 Å². The third-order valence-electron chi connectivity index (χ3n) is 6.27. The molecule has 4 heterocycles. The van der Waals surface area contributed by atoms with Gasteiger partial charge in [0.1, 0.15) is 24.0 Å².